The third kappa shape index (κ3) is 9.22. The first-order valence-electron chi connectivity index (χ1n) is 22.4. The molecule has 0 unspecified atom stereocenters. The van der Waals surface area contributed by atoms with Crippen molar-refractivity contribution in [3.05, 3.63) is 192 Å². The molecule has 66 heavy (non-hydrogen) atoms. The first kappa shape index (κ1) is 43.5. The molecule has 2 aliphatic carbocycles. The first-order chi connectivity index (χ1) is 32.0. The second-order valence-electron chi connectivity index (χ2n) is 17.2. The molecule has 4 N–H and O–H groups in total. The highest BCUT2D eigenvalue weighted by atomic mass is 31.2. The van der Waals surface area contributed by atoms with Crippen molar-refractivity contribution in [2.24, 2.45) is 0 Å². The van der Waals surface area contributed by atoms with Crippen molar-refractivity contribution >= 4 is 15.6 Å². The molecule has 2 aliphatic rings. The van der Waals surface area contributed by atoms with Crippen molar-refractivity contribution in [1.82, 2.24) is 0 Å². The highest BCUT2D eigenvalue weighted by molar-refractivity contribution is 7.47. The monoisotopic (exact) mass is 910 g/mol. The van der Waals surface area contributed by atoms with Gasteiger partial charge in [0.15, 0.2) is 0 Å². The second-order valence-corrected chi connectivity index (χ2v) is 19.5. The molecular weight excluding hydrogens is 863 g/mol. The highest BCUT2D eigenvalue weighted by Crippen LogP contribution is 2.58. The van der Waals surface area contributed by atoms with Crippen LogP contribution in [-0.2, 0) is 34.8 Å². The number of benzene rings is 8. The van der Waals surface area contributed by atoms with E-state index in [0.29, 0.717) is 59.1 Å². The molecule has 0 saturated carbocycles. The molecule has 0 aromatic heterocycles. The SMILES string of the molecule is O=P(O)(O)Oc1c(-c2cc(-c3ccccc3)cc(-c3ccccc3)c2)cc2c(c1-c1c3c(cc(-c4cc(-c5ccccc5)cc(-c5ccccc5)c4)c1OP(=O)(O)O)CCCC3)CCCC2. The zero-order chi connectivity index (χ0) is 45.4. The maximum Gasteiger partial charge on any atom is 0.524 e. The third-order valence-electron chi connectivity index (χ3n) is 12.8. The summed E-state index contributed by atoms with van der Waals surface area (Å²) in [7, 11) is -10.6. The fraction of sp³-hybridized carbons (Fsp3) is 0.143. The van der Waals surface area contributed by atoms with Crippen LogP contribution in [0, 0.1) is 0 Å². The molecule has 0 atom stereocenters. The smallest absolute Gasteiger partial charge is 0.403 e. The van der Waals surface area contributed by atoms with Crippen molar-refractivity contribution in [1.29, 1.82) is 0 Å². The summed E-state index contributed by atoms with van der Waals surface area (Å²) in [5.74, 6) is -0.117. The molecule has 0 bridgehead atoms. The van der Waals surface area contributed by atoms with Gasteiger partial charge in [-0.2, -0.15) is 0 Å². The van der Waals surface area contributed by atoms with Gasteiger partial charge in [-0.05, 0) is 178 Å². The van der Waals surface area contributed by atoms with Crippen LogP contribution in [-0.4, -0.2) is 19.6 Å². The lowest BCUT2D eigenvalue weighted by atomic mass is 9.77. The van der Waals surface area contributed by atoms with Gasteiger partial charge in [0, 0.05) is 22.3 Å². The molecule has 10 rings (SSSR count). The summed E-state index contributed by atoms with van der Waals surface area (Å²) in [6, 6.07) is 56.1. The van der Waals surface area contributed by atoms with Crippen LogP contribution in [0.2, 0.25) is 0 Å². The van der Waals surface area contributed by atoms with Crippen LogP contribution in [0.4, 0.5) is 0 Å². The van der Waals surface area contributed by atoms with Gasteiger partial charge in [0.1, 0.15) is 11.5 Å². The number of rotatable bonds is 11. The van der Waals surface area contributed by atoms with Gasteiger partial charge in [-0.3, -0.25) is 19.6 Å². The summed E-state index contributed by atoms with van der Waals surface area (Å²) in [5, 5.41) is 0. The molecule has 330 valence electrons. The molecule has 8 nitrogen and oxygen atoms in total. The van der Waals surface area contributed by atoms with Crippen LogP contribution in [0.5, 0.6) is 11.5 Å². The fourth-order valence-corrected chi connectivity index (χ4v) is 10.8. The lowest BCUT2D eigenvalue weighted by Crippen LogP contribution is -2.13. The van der Waals surface area contributed by atoms with Crippen LogP contribution < -0.4 is 9.05 Å². The standard InChI is InChI=1S/C56H48O8P2/c57-65(58,59)63-55-51(47-31-43(37-17-5-1-6-18-37)29-44(32-47)38-19-7-2-8-20-38)35-41-25-13-15-27-49(41)53(55)54-50-28-16-14-26-42(50)36-52(56(54)64-66(60,61)62)48-33-45(39-21-9-3-10-22-39)30-46(34-48)40-23-11-4-12-24-40/h1-12,17-24,29-36H,13-16,25-28H2,(H2,57,58,59)(H2,60,61,62). The number of phosphoric acid groups is 2. The Kier molecular flexibility index (Phi) is 12.0. The largest absolute Gasteiger partial charge is 0.524 e. The van der Waals surface area contributed by atoms with Gasteiger partial charge in [-0.1, -0.05) is 121 Å². The fourth-order valence-electron chi connectivity index (χ4n) is 9.91. The number of aryl methyl sites for hydroxylation is 2. The third-order valence-corrected chi connectivity index (χ3v) is 13.6. The normalized spacial score (nSPS) is 13.7. The molecule has 0 heterocycles. The van der Waals surface area contributed by atoms with Crippen LogP contribution in [0.3, 0.4) is 0 Å². The van der Waals surface area contributed by atoms with Crippen LogP contribution >= 0.6 is 15.6 Å². The maximum absolute atomic E-state index is 13.5. The van der Waals surface area contributed by atoms with E-state index < -0.39 is 15.6 Å². The minimum Gasteiger partial charge on any atom is -0.403 e. The number of phosphoric ester groups is 2. The average Bonchev–Trinajstić information content (AvgIpc) is 3.34. The lowest BCUT2D eigenvalue weighted by molar-refractivity contribution is 0.280. The van der Waals surface area contributed by atoms with E-state index in [1.165, 1.54) is 0 Å². The molecule has 8 aromatic carbocycles. The van der Waals surface area contributed by atoms with E-state index in [-0.39, 0.29) is 11.5 Å². The summed E-state index contributed by atoms with van der Waals surface area (Å²) in [5.41, 5.74) is 14.0. The maximum atomic E-state index is 13.5. The van der Waals surface area contributed by atoms with Crippen LogP contribution in [0.15, 0.2) is 170 Å². The summed E-state index contributed by atoms with van der Waals surface area (Å²) in [4.78, 5) is 43.7. The van der Waals surface area contributed by atoms with Crippen molar-refractivity contribution in [3.8, 4) is 89.4 Å². The highest BCUT2D eigenvalue weighted by Gasteiger charge is 2.35. The van der Waals surface area contributed by atoms with E-state index in [1.54, 1.807) is 0 Å². The Morgan fingerprint density at radius 3 is 0.894 bits per heavy atom. The zero-order valence-corrected chi connectivity index (χ0v) is 37.9. The molecular formula is C56H48O8P2. The van der Waals surface area contributed by atoms with E-state index in [4.69, 9.17) is 9.05 Å². The molecule has 0 radical (unpaired) electrons. The Morgan fingerprint density at radius 2 is 0.606 bits per heavy atom. The Morgan fingerprint density at radius 1 is 0.333 bits per heavy atom. The average molecular weight is 911 g/mol. The zero-order valence-electron chi connectivity index (χ0n) is 36.1. The quantitative estimate of drug-likeness (QED) is 0.0943. The molecule has 10 heteroatoms. The predicted molar refractivity (Wildman–Crippen MR) is 263 cm³/mol. The van der Waals surface area contributed by atoms with Gasteiger partial charge in [0.05, 0.1) is 0 Å². The summed E-state index contributed by atoms with van der Waals surface area (Å²) in [6.45, 7) is 0. The summed E-state index contributed by atoms with van der Waals surface area (Å²) < 4.78 is 39.0. The molecule has 0 fully saturated rings. The predicted octanol–water partition coefficient (Wildman–Crippen LogP) is 14.1. The van der Waals surface area contributed by atoms with Crippen LogP contribution in [0.1, 0.15) is 47.9 Å². The van der Waals surface area contributed by atoms with Crippen LogP contribution in [0.25, 0.3) is 77.9 Å². The lowest BCUT2D eigenvalue weighted by Gasteiger charge is -2.31. The van der Waals surface area contributed by atoms with Gasteiger partial charge in [0.2, 0.25) is 0 Å². The van der Waals surface area contributed by atoms with Crippen molar-refractivity contribution in [3.63, 3.8) is 0 Å². The van der Waals surface area contributed by atoms with Gasteiger partial charge in [0.25, 0.3) is 0 Å². The Bertz CT molecular complexity index is 2850. The van der Waals surface area contributed by atoms with Gasteiger partial charge in [-0.15, -0.1) is 0 Å². The van der Waals surface area contributed by atoms with Crippen molar-refractivity contribution < 1.29 is 37.8 Å². The molecule has 0 spiro atoms. The summed E-state index contributed by atoms with van der Waals surface area (Å²) >= 11 is 0. The molecule has 0 amide bonds. The van der Waals surface area contributed by atoms with E-state index in [9.17, 15) is 28.7 Å². The Balaban J connectivity index is 1.33. The Hall–Kier alpha value is -6.34. The van der Waals surface area contributed by atoms with E-state index >= 15 is 0 Å². The molecule has 0 saturated heterocycles. The van der Waals surface area contributed by atoms with Gasteiger partial charge < -0.3 is 9.05 Å². The van der Waals surface area contributed by atoms with Gasteiger partial charge >= 0.3 is 15.6 Å². The molecule has 8 aromatic rings. The minimum absolute atomic E-state index is 0.0586. The number of hydrogen-bond acceptors (Lipinski definition) is 4. The van der Waals surface area contributed by atoms with E-state index in [1.807, 2.05) is 158 Å². The number of hydrogen-bond donors (Lipinski definition) is 4. The number of fused-ring (bicyclic) bond motifs is 2. The topological polar surface area (TPSA) is 134 Å². The van der Waals surface area contributed by atoms with Crippen molar-refractivity contribution in [2.45, 2.75) is 51.4 Å². The minimum atomic E-state index is -5.29. The van der Waals surface area contributed by atoms with E-state index in [0.717, 1.165) is 92.4 Å². The van der Waals surface area contributed by atoms with Gasteiger partial charge in [-0.25, -0.2) is 9.13 Å². The van der Waals surface area contributed by atoms with E-state index in [2.05, 4.69) is 12.1 Å². The summed E-state index contributed by atoms with van der Waals surface area (Å²) in [6.07, 6.45) is 5.86. The van der Waals surface area contributed by atoms with Crippen molar-refractivity contribution in [2.75, 3.05) is 0 Å². The first-order valence-corrected chi connectivity index (χ1v) is 25.4. The Labute approximate surface area is 384 Å². The second kappa shape index (κ2) is 18.1. The molecule has 0 aliphatic heterocycles.